The molecule has 1 unspecified atom stereocenters. The number of carbonyl (C=O) groups is 1. The van der Waals surface area contributed by atoms with Crippen LogP contribution in [0.4, 0.5) is 0 Å². The Bertz CT molecular complexity index is 442. The first-order valence-corrected chi connectivity index (χ1v) is 13.9. The fourth-order valence-corrected chi connectivity index (χ4v) is 4.05. The Morgan fingerprint density at radius 2 is 1.16 bits per heavy atom. The molecule has 0 aromatic carbocycles. The lowest BCUT2D eigenvalue weighted by atomic mass is 10.0. The number of aliphatic hydroxyl groups is 1. The number of carboxylic acids is 1. The average molecular weight is 451 g/mol. The highest BCUT2D eigenvalue weighted by Gasteiger charge is 2.01. The summed E-state index contributed by atoms with van der Waals surface area (Å²) >= 11 is 0. The van der Waals surface area contributed by atoms with E-state index in [2.05, 4.69) is 31.2 Å². The molecule has 32 heavy (non-hydrogen) atoms. The van der Waals surface area contributed by atoms with Crippen LogP contribution in [0.5, 0.6) is 0 Å². The monoisotopic (exact) mass is 450 g/mol. The highest BCUT2D eigenvalue weighted by atomic mass is 16.4. The molecule has 188 valence electrons. The summed E-state index contributed by atoms with van der Waals surface area (Å²) in [6.45, 7) is 2.28. The summed E-state index contributed by atoms with van der Waals surface area (Å²) in [6, 6.07) is 0. The Morgan fingerprint density at radius 1 is 0.656 bits per heavy atom. The second kappa shape index (κ2) is 26.2. The zero-order chi connectivity index (χ0) is 23.5. The molecule has 0 saturated carbocycles. The van der Waals surface area contributed by atoms with Gasteiger partial charge < -0.3 is 10.2 Å². The molecule has 0 spiro atoms. The lowest BCUT2D eigenvalue weighted by Crippen LogP contribution is -2.04. The van der Waals surface area contributed by atoms with Gasteiger partial charge >= 0.3 is 5.97 Å². The smallest absolute Gasteiger partial charge is 0.303 e. The van der Waals surface area contributed by atoms with Gasteiger partial charge in [-0.3, -0.25) is 4.79 Å². The molecule has 0 saturated heterocycles. The van der Waals surface area contributed by atoms with Gasteiger partial charge in [-0.1, -0.05) is 128 Å². The van der Waals surface area contributed by atoms with Gasteiger partial charge in [-0.15, -0.1) is 0 Å². The molecule has 0 fully saturated rings. The normalized spacial score (nSPS) is 12.8. The van der Waals surface area contributed by atoms with Gasteiger partial charge in [0.15, 0.2) is 0 Å². The third-order valence-corrected chi connectivity index (χ3v) is 6.17. The topological polar surface area (TPSA) is 57.5 Å². The molecule has 0 aliphatic carbocycles. The first-order valence-electron chi connectivity index (χ1n) is 13.9. The number of hydrogen-bond donors (Lipinski definition) is 2. The number of hydrogen-bond acceptors (Lipinski definition) is 2. The molecule has 2 N–H and O–H groups in total. The minimum atomic E-state index is -0.687. The number of carboxylic acid groups (broad SMARTS) is 1. The second-order valence-corrected chi connectivity index (χ2v) is 9.45. The van der Waals surface area contributed by atoms with E-state index in [1.54, 1.807) is 0 Å². The minimum absolute atomic E-state index is 0.211. The number of aliphatic carboxylic acids is 1. The van der Waals surface area contributed by atoms with Crippen molar-refractivity contribution in [2.24, 2.45) is 0 Å². The van der Waals surface area contributed by atoms with Crippen molar-refractivity contribution in [2.75, 3.05) is 0 Å². The fraction of sp³-hybridized carbons (Fsp3) is 0.828. The maximum absolute atomic E-state index is 10.4. The Morgan fingerprint density at radius 3 is 1.75 bits per heavy atom. The van der Waals surface area contributed by atoms with Crippen molar-refractivity contribution in [3.8, 4) is 0 Å². The Labute approximate surface area is 199 Å². The standard InChI is InChI=1S/C29H54O3/c1-2-3-4-5-6-7-8-9-10-11-12-13-14-16-19-22-25-28(30)26-23-20-17-15-18-21-24-27-29(31)32/h13-14,19,22,28,30H,2-12,15-18,20-21,23-27H2,1H3,(H,31,32). The van der Waals surface area contributed by atoms with Crippen molar-refractivity contribution < 1.29 is 15.0 Å². The molecule has 0 aliphatic heterocycles. The molecular weight excluding hydrogens is 396 g/mol. The number of rotatable bonds is 25. The maximum atomic E-state index is 10.4. The summed E-state index contributed by atoms with van der Waals surface area (Å²) in [4.78, 5) is 10.4. The molecule has 0 rings (SSSR count). The van der Waals surface area contributed by atoms with E-state index in [9.17, 15) is 9.90 Å². The van der Waals surface area contributed by atoms with E-state index in [1.165, 1.54) is 89.9 Å². The van der Waals surface area contributed by atoms with Crippen molar-refractivity contribution in [3.05, 3.63) is 24.3 Å². The molecular formula is C29H54O3. The van der Waals surface area contributed by atoms with Crippen LogP contribution in [-0.2, 0) is 4.79 Å². The van der Waals surface area contributed by atoms with Crippen LogP contribution in [-0.4, -0.2) is 22.3 Å². The SMILES string of the molecule is CCCCCCCCCCCCC=CCC=CCC(O)CCCCCCCCCC(=O)O. The molecule has 0 radical (unpaired) electrons. The third-order valence-electron chi connectivity index (χ3n) is 6.17. The summed E-state index contributed by atoms with van der Waals surface area (Å²) in [5, 5.41) is 18.7. The van der Waals surface area contributed by atoms with Crippen molar-refractivity contribution >= 4 is 5.97 Å². The van der Waals surface area contributed by atoms with E-state index in [0.717, 1.165) is 44.9 Å². The Hall–Kier alpha value is -1.09. The molecule has 0 aliphatic rings. The van der Waals surface area contributed by atoms with Crippen molar-refractivity contribution in [3.63, 3.8) is 0 Å². The van der Waals surface area contributed by atoms with E-state index in [-0.39, 0.29) is 6.10 Å². The van der Waals surface area contributed by atoms with Crippen molar-refractivity contribution in [2.45, 2.75) is 154 Å². The van der Waals surface area contributed by atoms with Crippen LogP contribution in [0.15, 0.2) is 24.3 Å². The molecule has 0 bridgehead atoms. The minimum Gasteiger partial charge on any atom is -0.481 e. The molecule has 0 aromatic rings. The van der Waals surface area contributed by atoms with E-state index in [0.29, 0.717) is 6.42 Å². The van der Waals surface area contributed by atoms with Gasteiger partial charge in [0.25, 0.3) is 0 Å². The summed E-state index contributed by atoms with van der Waals surface area (Å²) in [5.41, 5.74) is 0. The third kappa shape index (κ3) is 26.9. The zero-order valence-corrected chi connectivity index (χ0v) is 21.2. The molecule has 1 atom stereocenters. The highest BCUT2D eigenvalue weighted by Crippen LogP contribution is 2.13. The second-order valence-electron chi connectivity index (χ2n) is 9.45. The number of aliphatic hydroxyl groups excluding tert-OH is 1. The van der Waals surface area contributed by atoms with Crippen LogP contribution in [0.3, 0.4) is 0 Å². The largest absolute Gasteiger partial charge is 0.481 e. The van der Waals surface area contributed by atoms with Gasteiger partial charge in [0.05, 0.1) is 6.10 Å². The van der Waals surface area contributed by atoms with Gasteiger partial charge in [-0.2, -0.15) is 0 Å². The van der Waals surface area contributed by atoms with E-state index in [1.807, 2.05) is 0 Å². The number of unbranched alkanes of at least 4 members (excludes halogenated alkanes) is 16. The first kappa shape index (κ1) is 30.9. The van der Waals surface area contributed by atoms with E-state index in [4.69, 9.17) is 5.11 Å². The predicted molar refractivity (Wildman–Crippen MR) is 139 cm³/mol. The Kier molecular flexibility index (Phi) is 25.3. The van der Waals surface area contributed by atoms with E-state index < -0.39 is 5.97 Å². The van der Waals surface area contributed by atoms with Gasteiger partial charge in [-0.25, -0.2) is 0 Å². The van der Waals surface area contributed by atoms with Gasteiger partial charge in [0.1, 0.15) is 0 Å². The molecule has 3 heteroatoms. The average Bonchev–Trinajstić information content (AvgIpc) is 2.77. The summed E-state index contributed by atoms with van der Waals surface area (Å²) in [6.07, 6.45) is 34.3. The molecule has 0 amide bonds. The van der Waals surface area contributed by atoms with Crippen molar-refractivity contribution in [1.29, 1.82) is 0 Å². The number of allylic oxidation sites excluding steroid dienone is 3. The van der Waals surface area contributed by atoms with Crippen LogP contribution >= 0.6 is 0 Å². The lowest BCUT2D eigenvalue weighted by Gasteiger charge is -2.07. The van der Waals surface area contributed by atoms with Crippen LogP contribution in [0.25, 0.3) is 0 Å². The molecule has 0 aromatic heterocycles. The van der Waals surface area contributed by atoms with Crippen LogP contribution in [0.1, 0.15) is 148 Å². The van der Waals surface area contributed by atoms with Gasteiger partial charge in [0.2, 0.25) is 0 Å². The van der Waals surface area contributed by atoms with Crippen LogP contribution in [0, 0.1) is 0 Å². The van der Waals surface area contributed by atoms with E-state index >= 15 is 0 Å². The molecule has 3 nitrogen and oxygen atoms in total. The highest BCUT2D eigenvalue weighted by molar-refractivity contribution is 5.66. The summed E-state index contributed by atoms with van der Waals surface area (Å²) in [5.74, 6) is -0.687. The summed E-state index contributed by atoms with van der Waals surface area (Å²) in [7, 11) is 0. The van der Waals surface area contributed by atoms with Crippen LogP contribution in [0.2, 0.25) is 0 Å². The molecule has 0 heterocycles. The van der Waals surface area contributed by atoms with Gasteiger partial charge in [0, 0.05) is 6.42 Å². The lowest BCUT2D eigenvalue weighted by molar-refractivity contribution is -0.137. The fourth-order valence-electron chi connectivity index (χ4n) is 4.05. The van der Waals surface area contributed by atoms with Crippen LogP contribution < -0.4 is 0 Å². The zero-order valence-electron chi connectivity index (χ0n) is 21.2. The summed E-state index contributed by atoms with van der Waals surface area (Å²) < 4.78 is 0. The van der Waals surface area contributed by atoms with Gasteiger partial charge in [-0.05, 0) is 38.5 Å². The Balaban J connectivity index is 3.32. The van der Waals surface area contributed by atoms with Crippen molar-refractivity contribution in [1.82, 2.24) is 0 Å². The predicted octanol–water partition coefficient (Wildman–Crippen LogP) is 9.15. The maximum Gasteiger partial charge on any atom is 0.303 e. The quantitative estimate of drug-likeness (QED) is 0.108. The first-order chi connectivity index (χ1) is 15.7.